The van der Waals surface area contributed by atoms with Crippen LogP contribution >= 0.6 is 0 Å². The van der Waals surface area contributed by atoms with E-state index in [4.69, 9.17) is 9.31 Å². The van der Waals surface area contributed by atoms with Crippen molar-refractivity contribution in [2.75, 3.05) is 6.54 Å². The van der Waals surface area contributed by atoms with Crippen molar-refractivity contribution in [3.05, 3.63) is 40.9 Å². The van der Waals surface area contributed by atoms with Gasteiger partial charge >= 0.3 is 7.12 Å². The summed E-state index contributed by atoms with van der Waals surface area (Å²) < 4.78 is 12.3. The van der Waals surface area contributed by atoms with Crippen LogP contribution in [0.15, 0.2) is 29.7 Å². The summed E-state index contributed by atoms with van der Waals surface area (Å²) in [5.41, 5.74) is 1.46. The van der Waals surface area contributed by atoms with Gasteiger partial charge in [-0.1, -0.05) is 18.2 Å². The molecule has 1 saturated heterocycles. The number of rotatable bonds is 6. The van der Waals surface area contributed by atoms with E-state index < -0.39 is 18.3 Å². The Bertz CT molecular complexity index is 766. The molecular weight excluding hydrogens is 355 g/mol. The Morgan fingerprint density at radius 1 is 1.11 bits per heavy atom. The topological polar surface area (TPSA) is 76.7 Å². The molecular formula is C21H29BN2O4. The van der Waals surface area contributed by atoms with Crippen molar-refractivity contribution in [2.24, 2.45) is 0 Å². The minimum Gasteiger partial charge on any atom is -0.400 e. The van der Waals surface area contributed by atoms with Gasteiger partial charge in [0.1, 0.15) is 0 Å². The average Bonchev–Trinajstić information content (AvgIpc) is 3.38. The first-order chi connectivity index (χ1) is 13.1. The highest BCUT2D eigenvalue weighted by molar-refractivity contribution is 6.56. The maximum atomic E-state index is 12.1. The molecule has 6 nitrogen and oxygen atoms in total. The molecule has 2 fully saturated rings. The highest BCUT2D eigenvalue weighted by atomic mass is 16.7. The molecule has 1 aromatic rings. The van der Waals surface area contributed by atoms with E-state index in [2.05, 4.69) is 10.6 Å². The maximum Gasteiger partial charge on any atom is 0.492 e. The number of benzene rings is 1. The van der Waals surface area contributed by atoms with Crippen molar-refractivity contribution in [2.45, 2.75) is 64.7 Å². The highest BCUT2D eigenvalue weighted by Gasteiger charge is 2.52. The lowest BCUT2D eigenvalue weighted by molar-refractivity contribution is -0.118. The fourth-order valence-corrected chi connectivity index (χ4v) is 2.86. The van der Waals surface area contributed by atoms with Gasteiger partial charge in [0.15, 0.2) is 0 Å². The number of nitrogens with one attached hydrogen (secondary N) is 2. The zero-order chi connectivity index (χ0) is 20.5. The summed E-state index contributed by atoms with van der Waals surface area (Å²) in [5, 5.41) is 5.81. The van der Waals surface area contributed by atoms with Gasteiger partial charge in [-0.2, -0.15) is 0 Å². The van der Waals surface area contributed by atoms with Crippen LogP contribution in [-0.2, 0) is 14.1 Å². The van der Waals surface area contributed by atoms with Crippen LogP contribution in [0, 0.1) is 0 Å². The zero-order valence-electron chi connectivity index (χ0n) is 17.3. The molecule has 2 N–H and O–H groups in total. The van der Waals surface area contributed by atoms with Crippen molar-refractivity contribution in [3.63, 3.8) is 0 Å². The fraction of sp³-hybridized carbons (Fsp3) is 0.524. The molecule has 7 heteroatoms. The lowest BCUT2D eigenvalue weighted by Gasteiger charge is -2.32. The summed E-state index contributed by atoms with van der Waals surface area (Å²) in [5.74, 6) is -0.156. The van der Waals surface area contributed by atoms with Crippen LogP contribution in [0.25, 0.3) is 6.08 Å². The third-order valence-electron chi connectivity index (χ3n) is 5.53. The molecule has 1 saturated carbocycles. The number of amides is 2. The van der Waals surface area contributed by atoms with Gasteiger partial charge in [-0.15, -0.1) is 0 Å². The first-order valence-corrected chi connectivity index (χ1v) is 9.79. The summed E-state index contributed by atoms with van der Waals surface area (Å²) in [6, 6.07) is 7.73. The standard InChI is InChI=1S/C21H29BN2O4/c1-14(25)23-13-17(22-27-20(2,3)21(4,5)28-22)12-15-6-8-16(9-7-15)19(26)24-18-10-11-18/h6-9,12,18H,10-11,13H2,1-5H3,(H,23,25)(H,24,26). The molecule has 2 aliphatic rings. The number of carbonyl (C=O) groups is 2. The van der Waals surface area contributed by atoms with Crippen LogP contribution in [0.4, 0.5) is 0 Å². The molecule has 1 aliphatic carbocycles. The van der Waals surface area contributed by atoms with Crippen LogP contribution in [0.2, 0.25) is 0 Å². The molecule has 1 heterocycles. The van der Waals surface area contributed by atoms with Gasteiger partial charge in [0.05, 0.1) is 11.2 Å². The number of hydrogen-bond acceptors (Lipinski definition) is 4. The molecule has 3 rings (SSSR count). The lowest BCUT2D eigenvalue weighted by atomic mass is 9.77. The zero-order valence-corrected chi connectivity index (χ0v) is 17.3. The van der Waals surface area contributed by atoms with Gasteiger partial charge in [0, 0.05) is 25.1 Å². The molecule has 0 unspecified atom stereocenters. The van der Waals surface area contributed by atoms with E-state index in [0.717, 1.165) is 23.9 Å². The Morgan fingerprint density at radius 2 is 1.68 bits per heavy atom. The monoisotopic (exact) mass is 384 g/mol. The fourth-order valence-electron chi connectivity index (χ4n) is 2.86. The van der Waals surface area contributed by atoms with Gasteiger partial charge in [0.2, 0.25) is 5.91 Å². The first kappa shape index (κ1) is 20.6. The Morgan fingerprint density at radius 3 is 2.18 bits per heavy atom. The molecule has 0 spiro atoms. The van der Waals surface area contributed by atoms with Crippen molar-refractivity contribution in [1.82, 2.24) is 10.6 Å². The normalized spacial score (nSPS) is 20.8. The lowest BCUT2D eigenvalue weighted by Crippen LogP contribution is -2.41. The van der Waals surface area contributed by atoms with Gasteiger partial charge in [-0.05, 0) is 63.7 Å². The number of hydrogen-bond donors (Lipinski definition) is 2. The van der Waals surface area contributed by atoms with Crippen molar-refractivity contribution >= 4 is 25.0 Å². The van der Waals surface area contributed by atoms with Crippen LogP contribution < -0.4 is 10.6 Å². The maximum absolute atomic E-state index is 12.1. The first-order valence-electron chi connectivity index (χ1n) is 9.79. The summed E-state index contributed by atoms with van der Waals surface area (Å²) >= 11 is 0. The molecule has 1 aliphatic heterocycles. The second kappa shape index (κ2) is 7.72. The predicted molar refractivity (Wildman–Crippen MR) is 110 cm³/mol. The van der Waals surface area contributed by atoms with Crippen LogP contribution in [0.1, 0.15) is 63.4 Å². The molecule has 0 radical (unpaired) electrons. The smallest absolute Gasteiger partial charge is 0.400 e. The average molecular weight is 384 g/mol. The van der Waals surface area contributed by atoms with Gasteiger partial charge in [0.25, 0.3) is 5.91 Å². The Kier molecular flexibility index (Phi) is 5.68. The largest absolute Gasteiger partial charge is 0.492 e. The van der Waals surface area contributed by atoms with Gasteiger partial charge in [-0.25, -0.2) is 0 Å². The van der Waals surface area contributed by atoms with Crippen LogP contribution in [0.3, 0.4) is 0 Å². The molecule has 0 aromatic heterocycles. The molecule has 0 atom stereocenters. The van der Waals surface area contributed by atoms with Crippen molar-refractivity contribution in [3.8, 4) is 0 Å². The Labute approximate surface area is 167 Å². The summed E-state index contributed by atoms with van der Waals surface area (Å²) in [6.07, 6.45) is 4.07. The van der Waals surface area contributed by atoms with E-state index in [1.165, 1.54) is 6.92 Å². The molecule has 2 amide bonds. The number of carbonyl (C=O) groups excluding carboxylic acids is 2. The summed E-state index contributed by atoms with van der Waals surface area (Å²) in [4.78, 5) is 23.6. The third-order valence-corrected chi connectivity index (χ3v) is 5.53. The van der Waals surface area contributed by atoms with E-state index in [1.54, 1.807) is 0 Å². The van der Waals surface area contributed by atoms with Crippen molar-refractivity contribution in [1.29, 1.82) is 0 Å². The van der Waals surface area contributed by atoms with E-state index in [9.17, 15) is 9.59 Å². The second-order valence-electron chi connectivity index (χ2n) is 8.59. The summed E-state index contributed by atoms with van der Waals surface area (Å²) in [7, 11) is -0.547. The van der Waals surface area contributed by atoms with E-state index in [1.807, 2.05) is 58.0 Å². The van der Waals surface area contributed by atoms with Crippen LogP contribution in [0.5, 0.6) is 0 Å². The van der Waals surface area contributed by atoms with E-state index in [0.29, 0.717) is 18.2 Å². The third kappa shape index (κ3) is 4.83. The summed E-state index contributed by atoms with van der Waals surface area (Å²) in [6.45, 7) is 9.80. The Balaban J connectivity index is 1.78. The van der Waals surface area contributed by atoms with E-state index >= 15 is 0 Å². The van der Waals surface area contributed by atoms with Crippen molar-refractivity contribution < 1.29 is 18.9 Å². The molecule has 0 bridgehead atoms. The Hall–Kier alpha value is -2.12. The minimum absolute atomic E-state index is 0.0394. The van der Waals surface area contributed by atoms with Gasteiger partial charge < -0.3 is 19.9 Å². The molecule has 1 aromatic carbocycles. The SMILES string of the molecule is CC(=O)NCC(=Cc1ccc(C(=O)NC2CC2)cc1)B1OC(C)(C)C(C)(C)O1. The second-order valence-corrected chi connectivity index (χ2v) is 8.59. The van der Waals surface area contributed by atoms with E-state index in [-0.39, 0.29) is 11.8 Å². The molecule has 28 heavy (non-hydrogen) atoms. The molecule has 150 valence electrons. The quantitative estimate of drug-likeness (QED) is 0.740. The van der Waals surface area contributed by atoms with Crippen LogP contribution in [-0.4, -0.2) is 42.7 Å². The minimum atomic E-state index is -0.547. The van der Waals surface area contributed by atoms with Gasteiger partial charge in [-0.3, -0.25) is 9.59 Å². The predicted octanol–water partition coefficient (Wildman–Crippen LogP) is 2.73. The highest BCUT2D eigenvalue weighted by Crippen LogP contribution is 2.38.